The molecule has 2 heterocycles. The topological polar surface area (TPSA) is 58.4 Å². The average Bonchev–Trinajstić information content (AvgIpc) is 3.04. The molecule has 2 aromatic carbocycles. The van der Waals surface area contributed by atoms with Crippen LogP contribution in [0.15, 0.2) is 54.6 Å². The summed E-state index contributed by atoms with van der Waals surface area (Å²) in [7, 11) is 0. The van der Waals surface area contributed by atoms with E-state index >= 15 is 0 Å². The van der Waals surface area contributed by atoms with Gasteiger partial charge < -0.3 is 9.80 Å². The van der Waals surface area contributed by atoms with E-state index in [0.29, 0.717) is 42.5 Å². The van der Waals surface area contributed by atoms with Crippen LogP contribution in [0, 0.1) is 0 Å². The van der Waals surface area contributed by atoms with Gasteiger partial charge in [-0.2, -0.15) is 5.10 Å². The number of aromatic nitrogens is 2. The summed E-state index contributed by atoms with van der Waals surface area (Å²) < 4.78 is 1.97. The maximum Gasteiger partial charge on any atom is 0.274 e. The number of rotatable bonds is 3. The summed E-state index contributed by atoms with van der Waals surface area (Å²) in [6.45, 7) is 1.99. The highest BCUT2D eigenvalue weighted by atomic mass is 35.5. The average molecular weight is 463 g/mol. The molecule has 170 valence electrons. The lowest BCUT2D eigenvalue weighted by atomic mass is 10.1. The van der Waals surface area contributed by atoms with Crippen LogP contribution in [-0.4, -0.2) is 57.6 Å². The normalized spacial score (nSPS) is 16.3. The second kappa shape index (κ2) is 9.40. The van der Waals surface area contributed by atoms with Gasteiger partial charge in [0.2, 0.25) is 0 Å². The third-order valence-corrected chi connectivity index (χ3v) is 6.79. The lowest BCUT2D eigenvalue weighted by molar-refractivity contribution is 0.0531. The number of nitrogens with zero attached hydrogens (tertiary/aromatic N) is 4. The van der Waals surface area contributed by atoms with Gasteiger partial charge >= 0.3 is 0 Å². The molecule has 6 nitrogen and oxygen atoms in total. The van der Waals surface area contributed by atoms with Crippen LogP contribution in [0.25, 0.3) is 5.69 Å². The molecule has 1 aliphatic carbocycles. The fraction of sp³-hybridized carbons (Fsp3) is 0.346. The Morgan fingerprint density at radius 2 is 1.48 bits per heavy atom. The minimum Gasteiger partial charge on any atom is -0.335 e. The smallest absolute Gasteiger partial charge is 0.274 e. The van der Waals surface area contributed by atoms with Gasteiger partial charge in [0, 0.05) is 48.0 Å². The zero-order chi connectivity index (χ0) is 22.8. The predicted octanol–water partition coefficient (Wildman–Crippen LogP) is 4.39. The molecular formula is C26H27ClN4O2. The van der Waals surface area contributed by atoms with Gasteiger partial charge in [-0.05, 0) is 56.0 Å². The van der Waals surface area contributed by atoms with Crippen molar-refractivity contribution in [3.8, 4) is 5.69 Å². The number of benzene rings is 2. The largest absolute Gasteiger partial charge is 0.335 e. The van der Waals surface area contributed by atoms with E-state index in [1.807, 2.05) is 39.9 Å². The molecule has 33 heavy (non-hydrogen) atoms. The van der Waals surface area contributed by atoms with E-state index in [1.54, 1.807) is 29.2 Å². The molecule has 0 unspecified atom stereocenters. The Morgan fingerprint density at radius 3 is 2.21 bits per heavy atom. The first-order valence-corrected chi connectivity index (χ1v) is 12.0. The Kier molecular flexibility index (Phi) is 6.18. The molecule has 1 aromatic heterocycles. The van der Waals surface area contributed by atoms with Crippen molar-refractivity contribution >= 4 is 23.4 Å². The molecule has 1 fully saturated rings. The van der Waals surface area contributed by atoms with Gasteiger partial charge in [-0.1, -0.05) is 42.3 Å². The molecule has 7 heteroatoms. The van der Waals surface area contributed by atoms with E-state index in [-0.39, 0.29) is 11.8 Å². The maximum absolute atomic E-state index is 13.5. The zero-order valence-corrected chi connectivity index (χ0v) is 19.3. The number of hydrogen-bond acceptors (Lipinski definition) is 3. The molecule has 0 radical (unpaired) electrons. The fourth-order valence-electron chi connectivity index (χ4n) is 4.80. The number of amides is 2. The van der Waals surface area contributed by atoms with Crippen LogP contribution in [0.4, 0.5) is 0 Å². The number of fused-ring (bicyclic) bond motifs is 1. The highest BCUT2D eigenvalue weighted by Gasteiger charge is 2.31. The van der Waals surface area contributed by atoms with E-state index in [9.17, 15) is 9.59 Å². The monoisotopic (exact) mass is 462 g/mol. The Balaban J connectivity index is 1.35. The van der Waals surface area contributed by atoms with Crippen molar-refractivity contribution in [3.05, 3.63) is 82.1 Å². The van der Waals surface area contributed by atoms with Crippen LogP contribution < -0.4 is 0 Å². The van der Waals surface area contributed by atoms with Crippen LogP contribution >= 0.6 is 11.6 Å². The van der Waals surface area contributed by atoms with Crippen molar-refractivity contribution in [2.75, 3.05) is 26.2 Å². The Labute approximate surface area is 198 Å². The van der Waals surface area contributed by atoms with Crippen molar-refractivity contribution in [2.24, 2.45) is 0 Å². The van der Waals surface area contributed by atoms with Crippen LogP contribution in [0.1, 0.15) is 51.4 Å². The van der Waals surface area contributed by atoms with Gasteiger partial charge in [-0.25, -0.2) is 4.68 Å². The summed E-state index contributed by atoms with van der Waals surface area (Å²) >= 11 is 6.04. The summed E-state index contributed by atoms with van der Waals surface area (Å²) in [5.74, 6) is -0.0792. The molecule has 0 saturated carbocycles. The number of carbonyl (C=O) groups excluding carboxylic acids is 2. The fourth-order valence-corrected chi connectivity index (χ4v) is 4.99. The highest BCUT2D eigenvalue weighted by molar-refractivity contribution is 6.30. The van der Waals surface area contributed by atoms with E-state index in [4.69, 9.17) is 16.7 Å². The number of hydrogen-bond donors (Lipinski definition) is 0. The van der Waals surface area contributed by atoms with Gasteiger partial charge in [-0.15, -0.1) is 0 Å². The highest BCUT2D eigenvalue weighted by Crippen LogP contribution is 2.27. The third kappa shape index (κ3) is 4.40. The number of halogens is 1. The van der Waals surface area contributed by atoms with Crippen LogP contribution in [0.3, 0.4) is 0 Å². The van der Waals surface area contributed by atoms with E-state index in [0.717, 1.165) is 42.6 Å². The summed E-state index contributed by atoms with van der Waals surface area (Å²) in [6.07, 6.45) is 5.18. The van der Waals surface area contributed by atoms with Gasteiger partial charge in [0.25, 0.3) is 11.8 Å². The Hall–Kier alpha value is -3.12. The molecule has 0 bridgehead atoms. The SMILES string of the molecule is O=C(c1cccc(Cl)c1)N1CCN(C(=O)c2nn(-c3ccccc3)c3c2CCCCC3)CC1. The summed E-state index contributed by atoms with van der Waals surface area (Å²) in [5.41, 5.74) is 4.40. The first-order valence-electron chi connectivity index (χ1n) is 11.6. The first-order chi connectivity index (χ1) is 16.1. The van der Waals surface area contributed by atoms with Crippen LogP contribution in [-0.2, 0) is 12.8 Å². The summed E-state index contributed by atoms with van der Waals surface area (Å²) in [4.78, 5) is 30.0. The molecule has 0 N–H and O–H groups in total. The lowest BCUT2D eigenvalue weighted by Crippen LogP contribution is -2.50. The van der Waals surface area contributed by atoms with E-state index in [2.05, 4.69) is 0 Å². The maximum atomic E-state index is 13.5. The van der Waals surface area contributed by atoms with E-state index in [1.165, 1.54) is 6.42 Å². The van der Waals surface area contributed by atoms with Gasteiger partial charge in [0.05, 0.1) is 5.69 Å². The van der Waals surface area contributed by atoms with Crippen molar-refractivity contribution in [1.82, 2.24) is 19.6 Å². The molecule has 0 atom stereocenters. The summed E-state index contributed by atoms with van der Waals surface area (Å²) in [6, 6.07) is 17.1. The van der Waals surface area contributed by atoms with Gasteiger partial charge in [0.15, 0.2) is 5.69 Å². The van der Waals surface area contributed by atoms with Crippen molar-refractivity contribution in [1.29, 1.82) is 0 Å². The van der Waals surface area contributed by atoms with Crippen molar-refractivity contribution in [3.63, 3.8) is 0 Å². The standard InChI is InChI=1S/C26H27ClN4O2/c27-20-9-7-8-19(18-20)25(32)29-14-16-30(17-15-29)26(33)24-22-12-5-2-6-13-23(22)31(28-24)21-10-3-1-4-11-21/h1,3-4,7-11,18H,2,5-6,12-17H2. The summed E-state index contributed by atoms with van der Waals surface area (Å²) in [5, 5.41) is 5.37. The Bertz CT molecular complexity index is 1170. The second-order valence-electron chi connectivity index (χ2n) is 8.68. The van der Waals surface area contributed by atoms with Crippen LogP contribution in [0.2, 0.25) is 5.02 Å². The van der Waals surface area contributed by atoms with Gasteiger partial charge in [-0.3, -0.25) is 9.59 Å². The predicted molar refractivity (Wildman–Crippen MR) is 128 cm³/mol. The minimum atomic E-state index is -0.0492. The third-order valence-electron chi connectivity index (χ3n) is 6.56. The van der Waals surface area contributed by atoms with Crippen LogP contribution in [0.5, 0.6) is 0 Å². The number of para-hydroxylation sites is 1. The number of carbonyl (C=O) groups is 2. The van der Waals surface area contributed by atoms with Crippen molar-refractivity contribution < 1.29 is 9.59 Å². The van der Waals surface area contributed by atoms with Gasteiger partial charge in [0.1, 0.15) is 0 Å². The molecule has 0 spiro atoms. The quantitative estimate of drug-likeness (QED) is 0.542. The van der Waals surface area contributed by atoms with E-state index < -0.39 is 0 Å². The second-order valence-corrected chi connectivity index (χ2v) is 9.11. The molecule has 1 saturated heterocycles. The minimum absolute atomic E-state index is 0.0299. The molecule has 2 aliphatic rings. The zero-order valence-electron chi connectivity index (χ0n) is 18.5. The molecule has 1 aliphatic heterocycles. The first kappa shape index (κ1) is 21.7. The molecule has 3 aromatic rings. The lowest BCUT2D eigenvalue weighted by Gasteiger charge is -2.34. The Morgan fingerprint density at radius 1 is 0.788 bits per heavy atom. The van der Waals surface area contributed by atoms with Crippen molar-refractivity contribution in [2.45, 2.75) is 32.1 Å². The number of piperazine rings is 1. The molecular weight excluding hydrogens is 436 g/mol. The molecule has 2 amide bonds. The molecule has 5 rings (SSSR count).